The Morgan fingerprint density at radius 1 is 1.11 bits per heavy atom. The molecule has 0 spiro atoms. The summed E-state index contributed by atoms with van der Waals surface area (Å²) in [7, 11) is 0. The third-order valence-corrected chi connectivity index (χ3v) is 2.37. The maximum atomic E-state index is 11.8. The molecule has 2 rings (SSSR count). The van der Waals surface area contributed by atoms with Crippen LogP contribution in [-0.4, -0.2) is 27.1 Å². The number of carboxylic acids is 1. The molecule has 0 fully saturated rings. The molecule has 0 aliphatic heterocycles. The minimum absolute atomic E-state index is 0.0635. The van der Waals surface area contributed by atoms with Crippen molar-refractivity contribution in [3.8, 4) is 5.75 Å². The molecule has 6 nitrogen and oxygen atoms in total. The van der Waals surface area contributed by atoms with E-state index in [4.69, 9.17) is 10.2 Å². The zero-order valence-corrected chi connectivity index (χ0v) is 9.70. The number of phenols is 1. The number of phenolic OH excluding ortho intramolecular Hbond substituents is 1. The number of aromatic nitrogens is 1. The fourth-order valence-corrected chi connectivity index (χ4v) is 1.44. The van der Waals surface area contributed by atoms with E-state index in [2.05, 4.69) is 10.3 Å². The summed E-state index contributed by atoms with van der Waals surface area (Å²) in [5.41, 5.74) is 0.542. The molecular weight excluding hydrogens is 248 g/mol. The van der Waals surface area contributed by atoms with E-state index < -0.39 is 11.9 Å². The molecule has 0 aliphatic carbocycles. The Morgan fingerprint density at radius 3 is 2.42 bits per heavy atom. The van der Waals surface area contributed by atoms with Gasteiger partial charge in [0, 0.05) is 17.4 Å². The van der Waals surface area contributed by atoms with Crippen molar-refractivity contribution >= 4 is 17.6 Å². The third kappa shape index (κ3) is 3.06. The smallest absolute Gasteiger partial charge is 0.354 e. The van der Waals surface area contributed by atoms with Gasteiger partial charge in [-0.05, 0) is 36.4 Å². The van der Waals surface area contributed by atoms with Crippen LogP contribution < -0.4 is 5.32 Å². The Kier molecular flexibility index (Phi) is 3.42. The number of carbonyl (C=O) groups is 2. The zero-order valence-electron chi connectivity index (χ0n) is 9.70. The maximum Gasteiger partial charge on any atom is 0.354 e. The number of pyridine rings is 1. The van der Waals surface area contributed by atoms with Crippen molar-refractivity contribution in [3.63, 3.8) is 0 Å². The van der Waals surface area contributed by atoms with Gasteiger partial charge in [-0.25, -0.2) is 9.78 Å². The van der Waals surface area contributed by atoms with Crippen molar-refractivity contribution in [2.24, 2.45) is 0 Å². The van der Waals surface area contributed by atoms with Gasteiger partial charge >= 0.3 is 5.97 Å². The molecule has 0 bridgehead atoms. The number of nitrogens with one attached hydrogen (secondary N) is 1. The second kappa shape index (κ2) is 5.18. The van der Waals surface area contributed by atoms with Gasteiger partial charge in [0.15, 0.2) is 0 Å². The number of hydrogen-bond donors (Lipinski definition) is 3. The van der Waals surface area contributed by atoms with Crippen LogP contribution in [0.25, 0.3) is 0 Å². The molecule has 19 heavy (non-hydrogen) atoms. The molecule has 0 atom stereocenters. The van der Waals surface area contributed by atoms with Gasteiger partial charge in [0.05, 0.1) is 0 Å². The van der Waals surface area contributed by atoms with Crippen LogP contribution >= 0.6 is 0 Å². The maximum absolute atomic E-state index is 11.8. The molecule has 1 amide bonds. The summed E-state index contributed by atoms with van der Waals surface area (Å²) in [6, 6.07) is 8.47. The molecule has 0 saturated heterocycles. The molecule has 0 aliphatic rings. The number of carboxylic acid groups (broad SMARTS) is 1. The van der Waals surface area contributed by atoms with Gasteiger partial charge in [-0.1, -0.05) is 0 Å². The van der Waals surface area contributed by atoms with Gasteiger partial charge in [-0.15, -0.1) is 0 Å². The van der Waals surface area contributed by atoms with E-state index >= 15 is 0 Å². The first kappa shape index (κ1) is 12.6. The number of anilines is 1. The van der Waals surface area contributed by atoms with Crippen molar-refractivity contribution < 1.29 is 19.8 Å². The van der Waals surface area contributed by atoms with Crippen molar-refractivity contribution in [3.05, 3.63) is 53.9 Å². The first-order valence-corrected chi connectivity index (χ1v) is 5.36. The van der Waals surface area contributed by atoms with Gasteiger partial charge in [-0.2, -0.15) is 0 Å². The fraction of sp³-hybridized carbons (Fsp3) is 0. The average molecular weight is 258 g/mol. The van der Waals surface area contributed by atoms with Crippen LogP contribution in [0.1, 0.15) is 20.8 Å². The summed E-state index contributed by atoms with van der Waals surface area (Å²) in [5.74, 6) is -1.50. The van der Waals surface area contributed by atoms with Crippen LogP contribution in [0.4, 0.5) is 5.69 Å². The quantitative estimate of drug-likeness (QED) is 0.778. The molecule has 0 saturated carbocycles. The van der Waals surface area contributed by atoms with E-state index in [0.717, 1.165) is 0 Å². The predicted octanol–water partition coefficient (Wildman–Crippen LogP) is 1.74. The monoisotopic (exact) mass is 258 g/mol. The molecule has 3 N–H and O–H groups in total. The van der Waals surface area contributed by atoms with Gasteiger partial charge in [0.1, 0.15) is 11.4 Å². The van der Waals surface area contributed by atoms with E-state index in [1.165, 1.54) is 42.6 Å². The molecule has 1 heterocycles. The van der Waals surface area contributed by atoms with Crippen molar-refractivity contribution in [1.82, 2.24) is 4.98 Å². The lowest BCUT2D eigenvalue weighted by atomic mass is 10.2. The topological polar surface area (TPSA) is 99.5 Å². The number of benzene rings is 1. The number of hydrogen-bond acceptors (Lipinski definition) is 4. The van der Waals surface area contributed by atoms with Crippen molar-refractivity contribution in [2.45, 2.75) is 0 Å². The van der Waals surface area contributed by atoms with Crippen LogP contribution in [0.2, 0.25) is 0 Å². The lowest BCUT2D eigenvalue weighted by Gasteiger charge is -2.05. The Labute approximate surface area is 108 Å². The van der Waals surface area contributed by atoms with Crippen LogP contribution in [0, 0.1) is 0 Å². The molecule has 1 aromatic heterocycles. The van der Waals surface area contributed by atoms with Gasteiger partial charge < -0.3 is 15.5 Å². The van der Waals surface area contributed by atoms with Crippen molar-refractivity contribution in [2.75, 3.05) is 5.32 Å². The summed E-state index contributed by atoms with van der Waals surface area (Å²) < 4.78 is 0. The SMILES string of the molecule is O=C(Nc1ccnc(C(=O)O)c1)c1ccc(O)cc1. The Balaban J connectivity index is 2.17. The molecule has 1 aromatic carbocycles. The molecule has 0 unspecified atom stereocenters. The molecule has 96 valence electrons. The largest absolute Gasteiger partial charge is 0.508 e. The minimum Gasteiger partial charge on any atom is -0.508 e. The summed E-state index contributed by atoms with van der Waals surface area (Å²) in [4.78, 5) is 26.2. The number of carbonyl (C=O) groups excluding carboxylic acids is 1. The van der Waals surface area contributed by atoms with E-state index in [1.807, 2.05) is 0 Å². The standard InChI is InChI=1S/C13H10N2O4/c16-10-3-1-8(2-4-10)12(17)15-9-5-6-14-11(7-9)13(18)19/h1-7,16H,(H,18,19)(H,14,15,17). The Bertz CT molecular complexity index is 623. The van der Waals surface area contributed by atoms with Crippen molar-refractivity contribution in [1.29, 1.82) is 0 Å². The van der Waals surface area contributed by atoms with E-state index in [9.17, 15) is 9.59 Å². The number of nitrogens with zero attached hydrogens (tertiary/aromatic N) is 1. The van der Waals surface area contributed by atoms with Crippen LogP contribution in [0.15, 0.2) is 42.6 Å². The highest BCUT2D eigenvalue weighted by atomic mass is 16.4. The minimum atomic E-state index is -1.17. The fourth-order valence-electron chi connectivity index (χ4n) is 1.44. The predicted molar refractivity (Wildman–Crippen MR) is 67.3 cm³/mol. The first-order valence-electron chi connectivity index (χ1n) is 5.36. The van der Waals surface area contributed by atoms with Crippen LogP contribution in [0.3, 0.4) is 0 Å². The number of amides is 1. The van der Waals surface area contributed by atoms with E-state index in [1.54, 1.807) is 0 Å². The highest BCUT2D eigenvalue weighted by molar-refractivity contribution is 6.04. The lowest BCUT2D eigenvalue weighted by Crippen LogP contribution is -2.12. The Hall–Kier alpha value is -2.89. The summed E-state index contributed by atoms with van der Waals surface area (Å²) >= 11 is 0. The zero-order chi connectivity index (χ0) is 13.8. The Morgan fingerprint density at radius 2 is 1.79 bits per heavy atom. The molecule has 0 radical (unpaired) electrons. The first-order chi connectivity index (χ1) is 9.06. The summed E-state index contributed by atoms with van der Waals surface area (Å²) in [6.45, 7) is 0. The molecular formula is C13H10N2O4. The normalized spacial score (nSPS) is 9.89. The van der Waals surface area contributed by atoms with E-state index in [0.29, 0.717) is 11.3 Å². The summed E-state index contributed by atoms with van der Waals surface area (Å²) in [6.07, 6.45) is 1.30. The van der Waals surface area contributed by atoms with Gasteiger partial charge in [-0.3, -0.25) is 4.79 Å². The van der Waals surface area contributed by atoms with Crippen LogP contribution in [0.5, 0.6) is 5.75 Å². The highest BCUT2D eigenvalue weighted by Gasteiger charge is 2.09. The highest BCUT2D eigenvalue weighted by Crippen LogP contribution is 2.13. The second-order valence-electron chi connectivity index (χ2n) is 3.74. The average Bonchev–Trinajstić information content (AvgIpc) is 2.39. The molecule has 2 aromatic rings. The van der Waals surface area contributed by atoms with Gasteiger partial charge in [0.2, 0.25) is 0 Å². The second-order valence-corrected chi connectivity index (χ2v) is 3.74. The lowest BCUT2D eigenvalue weighted by molar-refractivity contribution is 0.0690. The molecule has 6 heteroatoms. The third-order valence-electron chi connectivity index (χ3n) is 2.37. The van der Waals surface area contributed by atoms with E-state index in [-0.39, 0.29) is 11.4 Å². The van der Waals surface area contributed by atoms with Gasteiger partial charge in [0.25, 0.3) is 5.91 Å². The van der Waals surface area contributed by atoms with Crippen LogP contribution in [-0.2, 0) is 0 Å². The summed E-state index contributed by atoms with van der Waals surface area (Å²) in [5, 5.41) is 20.5. The number of aromatic hydroxyl groups is 1. The number of aromatic carboxylic acids is 1. The number of rotatable bonds is 3.